The molecular weight excluding hydrogens is 248 g/mol. The second-order valence-electron chi connectivity index (χ2n) is 4.20. The van der Waals surface area contributed by atoms with E-state index >= 15 is 0 Å². The Kier molecular flexibility index (Phi) is 3.99. The topological polar surface area (TPSA) is 53.1 Å². The summed E-state index contributed by atoms with van der Waals surface area (Å²) < 4.78 is 0. The number of aromatic nitrogens is 2. The van der Waals surface area contributed by atoms with Gasteiger partial charge in [0.15, 0.2) is 0 Å². The van der Waals surface area contributed by atoms with Crippen molar-refractivity contribution in [1.82, 2.24) is 15.3 Å². The third-order valence-corrected chi connectivity index (χ3v) is 2.52. The Hall–Kier alpha value is -1.81. The Balaban J connectivity index is 2.08. The maximum absolute atomic E-state index is 5.74. The Bertz CT molecular complexity index is 528. The summed E-state index contributed by atoms with van der Waals surface area (Å²) in [5.41, 5.74) is 2.73. The molecular formula is C13H15ClN4. The highest BCUT2D eigenvalue weighted by atomic mass is 35.5. The molecule has 0 saturated heterocycles. The first-order valence-corrected chi connectivity index (χ1v) is 6.13. The summed E-state index contributed by atoms with van der Waals surface area (Å²) in [6.45, 7) is 4.13. The SMILES string of the molecule is CC(C)N/C=N/c1ccc(-c2c[nH]c(Cl)n2)cc1. The molecule has 0 fully saturated rings. The number of H-pyrrole nitrogens is 1. The first-order valence-electron chi connectivity index (χ1n) is 5.75. The van der Waals surface area contributed by atoms with Crippen molar-refractivity contribution in [2.75, 3.05) is 0 Å². The lowest BCUT2D eigenvalue weighted by molar-refractivity contribution is 0.744. The van der Waals surface area contributed by atoms with E-state index in [0.717, 1.165) is 16.9 Å². The number of imidazole rings is 1. The zero-order valence-corrected chi connectivity index (χ0v) is 11.1. The number of hydrogen-bond acceptors (Lipinski definition) is 2. The molecule has 0 aliphatic rings. The van der Waals surface area contributed by atoms with E-state index in [2.05, 4.69) is 34.1 Å². The van der Waals surface area contributed by atoms with Crippen LogP contribution < -0.4 is 5.32 Å². The van der Waals surface area contributed by atoms with E-state index in [1.807, 2.05) is 24.3 Å². The maximum atomic E-state index is 5.74. The third-order valence-electron chi connectivity index (χ3n) is 2.33. The molecule has 4 nitrogen and oxygen atoms in total. The van der Waals surface area contributed by atoms with Crippen LogP contribution in [0.25, 0.3) is 11.3 Å². The van der Waals surface area contributed by atoms with E-state index in [0.29, 0.717) is 11.3 Å². The van der Waals surface area contributed by atoms with Crippen molar-refractivity contribution in [1.29, 1.82) is 0 Å². The average molecular weight is 263 g/mol. The Morgan fingerprint density at radius 1 is 1.33 bits per heavy atom. The molecule has 0 saturated carbocycles. The number of aromatic amines is 1. The Labute approximate surface area is 111 Å². The van der Waals surface area contributed by atoms with Crippen LogP contribution in [0.2, 0.25) is 5.28 Å². The van der Waals surface area contributed by atoms with Crippen molar-refractivity contribution in [2.24, 2.45) is 4.99 Å². The van der Waals surface area contributed by atoms with E-state index in [1.165, 1.54) is 0 Å². The smallest absolute Gasteiger partial charge is 0.200 e. The van der Waals surface area contributed by atoms with E-state index in [9.17, 15) is 0 Å². The second kappa shape index (κ2) is 5.69. The molecule has 0 bridgehead atoms. The molecule has 0 aliphatic heterocycles. The molecule has 2 rings (SSSR count). The van der Waals surface area contributed by atoms with Crippen LogP contribution in [-0.4, -0.2) is 22.3 Å². The zero-order valence-electron chi connectivity index (χ0n) is 10.3. The number of benzene rings is 1. The highest BCUT2D eigenvalue weighted by Crippen LogP contribution is 2.21. The monoisotopic (exact) mass is 262 g/mol. The van der Waals surface area contributed by atoms with Gasteiger partial charge in [-0.2, -0.15) is 0 Å². The summed E-state index contributed by atoms with van der Waals surface area (Å²) in [7, 11) is 0. The van der Waals surface area contributed by atoms with Crippen molar-refractivity contribution < 1.29 is 0 Å². The summed E-state index contributed by atoms with van der Waals surface area (Å²) in [6.07, 6.45) is 3.49. The minimum atomic E-state index is 0.388. The van der Waals surface area contributed by atoms with Crippen LogP contribution >= 0.6 is 11.6 Å². The predicted molar refractivity (Wildman–Crippen MR) is 75.5 cm³/mol. The van der Waals surface area contributed by atoms with Gasteiger partial charge in [0.05, 0.1) is 17.7 Å². The maximum Gasteiger partial charge on any atom is 0.200 e. The molecule has 0 atom stereocenters. The van der Waals surface area contributed by atoms with Gasteiger partial charge in [0.1, 0.15) is 0 Å². The molecule has 2 N–H and O–H groups in total. The fraction of sp³-hybridized carbons (Fsp3) is 0.231. The van der Waals surface area contributed by atoms with Crippen molar-refractivity contribution in [2.45, 2.75) is 19.9 Å². The lowest BCUT2D eigenvalue weighted by atomic mass is 10.1. The van der Waals surface area contributed by atoms with Gasteiger partial charge in [-0.25, -0.2) is 9.98 Å². The molecule has 94 valence electrons. The van der Waals surface area contributed by atoms with E-state index in [-0.39, 0.29) is 0 Å². The summed E-state index contributed by atoms with van der Waals surface area (Å²) in [4.78, 5) is 11.3. The molecule has 0 unspecified atom stereocenters. The highest BCUT2D eigenvalue weighted by Gasteiger charge is 2.01. The van der Waals surface area contributed by atoms with Gasteiger partial charge in [-0.05, 0) is 37.6 Å². The zero-order chi connectivity index (χ0) is 13.0. The lowest BCUT2D eigenvalue weighted by Gasteiger charge is -2.02. The first kappa shape index (κ1) is 12.6. The fourth-order valence-corrected chi connectivity index (χ4v) is 1.57. The van der Waals surface area contributed by atoms with Gasteiger partial charge in [-0.15, -0.1) is 0 Å². The van der Waals surface area contributed by atoms with Gasteiger partial charge >= 0.3 is 0 Å². The average Bonchev–Trinajstić information content (AvgIpc) is 2.76. The Morgan fingerprint density at radius 2 is 2.06 bits per heavy atom. The molecule has 0 aliphatic carbocycles. The van der Waals surface area contributed by atoms with Crippen molar-refractivity contribution in [3.05, 3.63) is 35.7 Å². The van der Waals surface area contributed by atoms with E-state index < -0.39 is 0 Å². The molecule has 5 heteroatoms. The summed E-state index contributed by atoms with van der Waals surface area (Å²) in [5, 5.41) is 3.51. The van der Waals surface area contributed by atoms with Crippen LogP contribution in [0.15, 0.2) is 35.5 Å². The van der Waals surface area contributed by atoms with Gasteiger partial charge in [0, 0.05) is 17.8 Å². The van der Waals surface area contributed by atoms with Crippen molar-refractivity contribution >= 4 is 23.6 Å². The van der Waals surface area contributed by atoms with Crippen LogP contribution in [0.3, 0.4) is 0 Å². The number of rotatable bonds is 4. The molecule has 1 aromatic carbocycles. The molecule has 0 spiro atoms. The number of nitrogens with one attached hydrogen (secondary N) is 2. The lowest BCUT2D eigenvalue weighted by Crippen LogP contribution is -2.19. The minimum absolute atomic E-state index is 0.388. The second-order valence-corrected chi connectivity index (χ2v) is 4.56. The quantitative estimate of drug-likeness (QED) is 0.656. The number of aliphatic imine (C=N–C) groups is 1. The van der Waals surface area contributed by atoms with Crippen molar-refractivity contribution in [3.8, 4) is 11.3 Å². The summed E-state index contributed by atoms with van der Waals surface area (Å²) >= 11 is 5.74. The number of nitrogens with zero attached hydrogens (tertiary/aromatic N) is 2. The minimum Gasteiger partial charge on any atom is -0.374 e. The van der Waals surface area contributed by atoms with Crippen LogP contribution in [-0.2, 0) is 0 Å². The van der Waals surface area contributed by atoms with Gasteiger partial charge in [0.2, 0.25) is 5.28 Å². The third kappa shape index (κ3) is 3.34. The molecule has 1 heterocycles. The predicted octanol–water partition coefficient (Wildman–Crippen LogP) is 3.39. The number of halogens is 1. The standard InChI is InChI=1S/C13H15ClN4/c1-9(2)16-8-17-11-5-3-10(4-6-11)12-7-15-13(14)18-12/h3-9H,1-2H3,(H,15,18)(H,16,17). The van der Waals surface area contributed by atoms with Crippen LogP contribution in [0, 0.1) is 0 Å². The summed E-state index contributed by atoms with van der Waals surface area (Å²) in [6, 6.07) is 8.20. The summed E-state index contributed by atoms with van der Waals surface area (Å²) in [5.74, 6) is 0. The van der Waals surface area contributed by atoms with Crippen LogP contribution in [0.5, 0.6) is 0 Å². The molecule has 0 amide bonds. The van der Waals surface area contributed by atoms with Crippen LogP contribution in [0.1, 0.15) is 13.8 Å². The van der Waals surface area contributed by atoms with Crippen molar-refractivity contribution in [3.63, 3.8) is 0 Å². The van der Waals surface area contributed by atoms with Crippen LogP contribution in [0.4, 0.5) is 5.69 Å². The Morgan fingerprint density at radius 3 is 2.61 bits per heavy atom. The van der Waals surface area contributed by atoms with Gasteiger partial charge in [-0.3, -0.25) is 0 Å². The fourth-order valence-electron chi connectivity index (χ4n) is 1.43. The van der Waals surface area contributed by atoms with E-state index in [4.69, 9.17) is 11.6 Å². The van der Waals surface area contributed by atoms with Gasteiger partial charge in [-0.1, -0.05) is 12.1 Å². The van der Waals surface area contributed by atoms with Gasteiger partial charge < -0.3 is 10.3 Å². The first-order chi connectivity index (χ1) is 8.65. The van der Waals surface area contributed by atoms with Gasteiger partial charge in [0.25, 0.3) is 0 Å². The molecule has 0 radical (unpaired) electrons. The molecule has 2 aromatic rings. The molecule has 18 heavy (non-hydrogen) atoms. The molecule has 1 aromatic heterocycles. The largest absolute Gasteiger partial charge is 0.374 e. The van der Waals surface area contributed by atoms with E-state index in [1.54, 1.807) is 12.5 Å². The highest BCUT2D eigenvalue weighted by molar-refractivity contribution is 6.28. The number of hydrogen-bond donors (Lipinski definition) is 2. The normalized spacial score (nSPS) is 11.3.